The summed E-state index contributed by atoms with van der Waals surface area (Å²) in [5.74, 6) is 7.25. The molecule has 1 amide bonds. The van der Waals surface area contributed by atoms with Crippen molar-refractivity contribution < 1.29 is 9.53 Å². The number of para-hydroxylation sites is 1. The molecule has 0 radical (unpaired) electrons. The van der Waals surface area contributed by atoms with Gasteiger partial charge in [-0.25, -0.2) is 0 Å². The first-order valence-corrected chi connectivity index (χ1v) is 11.4. The number of methoxy groups -OCH3 is 1. The van der Waals surface area contributed by atoms with Gasteiger partial charge in [0.25, 0.3) is 0 Å². The summed E-state index contributed by atoms with van der Waals surface area (Å²) < 4.78 is 5.31. The molecule has 1 fully saturated rings. The van der Waals surface area contributed by atoms with E-state index in [9.17, 15) is 4.79 Å². The van der Waals surface area contributed by atoms with E-state index in [0.717, 1.165) is 22.6 Å². The zero-order valence-electron chi connectivity index (χ0n) is 19.0. The number of hydrogen-bond acceptors (Lipinski definition) is 2. The number of carbonyl (C=O) groups is 1. The van der Waals surface area contributed by atoms with Gasteiger partial charge in [-0.15, -0.1) is 0 Å². The second-order valence-electron chi connectivity index (χ2n) is 8.32. The summed E-state index contributed by atoms with van der Waals surface area (Å²) in [6.07, 6.45) is 0.513. The molecule has 1 heterocycles. The van der Waals surface area contributed by atoms with Crippen LogP contribution >= 0.6 is 0 Å². The molecule has 0 aliphatic carbocycles. The maximum atomic E-state index is 13.1. The van der Waals surface area contributed by atoms with E-state index in [2.05, 4.69) is 36.1 Å². The Bertz CT molecular complexity index is 1320. The van der Waals surface area contributed by atoms with Crippen LogP contribution in [0, 0.1) is 17.8 Å². The molecule has 4 aromatic carbocycles. The van der Waals surface area contributed by atoms with E-state index in [4.69, 9.17) is 4.74 Å². The van der Waals surface area contributed by atoms with E-state index in [1.807, 2.05) is 89.8 Å². The first-order chi connectivity index (χ1) is 16.7. The third-order valence-electron chi connectivity index (χ3n) is 6.25. The maximum Gasteiger partial charge on any atom is 0.234 e. The van der Waals surface area contributed by atoms with Crippen LogP contribution in [0.2, 0.25) is 0 Å². The monoisotopic (exact) mass is 443 g/mol. The lowest BCUT2D eigenvalue weighted by Gasteiger charge is -2.47. The van der Waals surface area contributed by atoms with Crippen molar-refractivity contribution >= 4 is 11.6 Å². The van der Waals surface area contributed by atoms with E-state index in [0.29, 0.717) is 6.42 Å². The number of nitrogens with zero attached hydrogens (tertiary/aromatic N) is 1. The number of amides is 1. The quantitative estimate of drug-likeness (QED) is 0.260. The smallest absolute Gasteiger partial charge is 0.234 e. The van der Waals surface area contributed by atoms with Crippen molar-refractivity contribution in [3.05, 3.63) is 120 Å². The van der Waals surface area contributed by atoms with Gasteiger partial charge in [0.1, 0.15) is 5.75 Å². The normalized spacial score (nSPS) is 16.9. The van der Waals surface area contributed by atoms with Crippen molar-refractivity contribution in [1.29, 1.82) is 0 Å². The zero-order valence-corrected chi connectivity index (χ0v) is 19.0. The lowest BCUT2D eigenvalue weighted by Crippen LogP contribution is -2.55. The molecule has 166 valence electrons. The van der Waals surface area contributed by atoms with Crippen LogP contribution in [-0.4, -0.2) is 13.0 Å². The van der Waals surface area contributed by atoms with E-state index in [1.165, 1.54) is 11.1 Å². The summed E-state index contributed by atoms with van der Waals surface area (Å²) in [4.78, 5) is 15.0. The minimum atomic E-state index is -0.176. The topological polar surface area (TPSA) is 29.5 Å². The number of anilines is 1. The summed E-state index contributed by atoms with van der Waals surface area (Å²) in [6.45, 7) is 0. The minimum Gasteiger partial charge on any atom is -0.497 e. The molecule has 2 atom stereocenters. The molecule has 0 bridgehead atoms. The second kappa shape index (κ2) is 9.68. The molecule has 3 heteroatoms. The fraction of sp³-hybridized carbons (Fsp3) is 0.129. The summed E-state index contributed by atoms with van der Waals surface area (Å²) in [6, 6.07) is 36.3. The third kappa shape index (κ3) is 4.31. The van der Waals surface area contributed by atoms with Gasteiger partial charge in [-0.05, 0) is 53.1 Å². The SMILES string of the molecule is COc1ccc([C@@H]2[C@@H](CC#Cc3ccc(-c4ccccc4)cc3)C(=O)N2c2ccccc2)cc1. The fourth-order valence-electron chi connectivity index (χ4n) is 4.45. The molecule has 0 unspecified atom stereocenters. The highest BCUT2D eigenvalue weighted by atomic mass is 16.5. The molecule has 0 spiro atoms. The Kier molecular flexibility index (Phi) is 6.14. The summed E-state index contributed by atoms with van der Waals surface area (Å²) in [7, 11) is 1.66. The van der Waals surface area contributed by atoms with E-state index >= 15 is 0 Å². The van der Waals surface area contributed by atoms with Crippen molar-refractivity contribution in [2.24, 2.45) is 5.92 Å². The van der Waals surface area contributed by atoms with Crippen molar-refractivity contribution in [3.63, 3.8) is 0 Å². The fourth-order valence-corrected chi connectivity index (χ4v) is 4.45. The summed E-state index contributed by atoms with van der Waals surface area (Å²) in [5, 5.41) is 0. The standard InChI is InChI=1S/C31H25NO2/c1-34-28-21-19-26(20-22-28)30-29(31(33)32(30)27-12-6-3-7-13-27)14-8-9-23-15-17-25(18-16-23)24-10-4-2-5-11-24/h2-7,10-13,15-22,29-30H,14H2,1H3/t29-,30-/m1/s1. The van der Waals surface area contributed by atoms with Crippen LogP contribution in [0.3, 0.4) is 0 Å². The van der Waals surface area contributed by atoms with Crippen molar-refractivity contribution in [2.45, 2.75) is 12.5 Å². The van der Waals surface area contributed by atoms with Crippen LogP contribution in [0.4, 0.5) is 5.69 Å². The number of benzene rings is 4. The first kappa shape index (κ1) is 21.6. The molecule has 5 rings (SSSR count). The Labute approximate surface area is 200 Å². The molecule has 1 aliphatic rings. The van der Waals surface area contributed by atoms with E-state index in [-0.39, 0.29) is 17.9 Å². The third-order valence-corrected chi connectivity index (χ3v) is 6.25. The molecule has 0 saturated carbocycles. The Morgan fingerprint density at radius 1 is 0.765 bits per heavy atom. The van der Waals surface area contributed by atoms with Crippen LogP contribution in [0.15, 0.2) is 109 Å². The lowest BCUT2D eigenvalue weighted by atomic mass is 9.80. The molecule has 0 aromatic heterocycles. The molecular weight excluding hydrogens is 418 g/mol. The van der Waals surface area contributed by atoms with Gasteiger partial charge in [0.05, 0.1) is 19.1 Å². The largest absolute Gasteiger partial charge is 0.497 e. The van der Waals surface area contributed by atoms with Crippen LogP contribution in [0.5, 0.6) is 5.75 Å². The highest BCUT2D eigenvalue weighted by molar-refractivity contribution is 6.03. The van der Waals surface area contributed by atoms with Crippen molar-refractivity contribution in [1.82, 2.24) is 0 Å². The van der Waals surface area contributed by atoms with Crippen LogP contribution in [0.25, 0.3) is 11.1 Å². The Morgan fingerprint density at radius 3 is 2.03 bits per heavy atom. The maximum absolute atomic E-state index is 13.1. The van der Waals surface area contributed by atoms with Gasteiger partial charge >= 0.3 is 0 Å². The number of hydrogen-bond donors (Lipinski definition) is 0. The predicted octanol–water partition coefficient (Wildman–Crippen LogP) is 6.51. The van der Waals surface area contributed by atoms with Crippen LogP contribution < -0.4 is 9.64 Å². The van der Waals surface area contributed by atoms with Gasteiger partial charge in [0.2, 0.25) is 5.91 Å². The molecule has 34 heavy (non-hydrogen) atoms. The number of carbonyl (C=O) groups excluding carboxylic acids is 1. The first-order valence-electron chi connectivity index (χ1n) is 11.4. The van der Waals surface area contributed by atoms with Crippen LogP contribution in [0.1, 0.15) is 23.6 Å². The second-order valence-corrected chi connectivity index (χ2v) is 8.32. The number of ether oxygens (including phenoxy) is 1. The van der Waals surface area contributed by atoms with Gasteiger partial charge in [-0.1, -0.05) is 84.6 Å². The molecule has 1 aliphatic heterocycles. The van der Waals surface area contributed by atoms with Gasteiger partial charge < -0.3 is 9.64 Å². The van der Waals surface area contributed by atoms with Gasteiger partial charge in [0.15, 0.2) is 0 Å². The summed E-state index contributed by atoms with van der Waals surface area (Å²) >= 11 is 0. The van der Waals surface area contributed by atoms with Crippen molar-refractivity contribution in [3.8, 4) is 28.7 Å². The van der Waals surface area contributed by atoms with Gasteiger partial charge in [0, 0.05) is 17.7 Å². The van der Waals surface area contributed by atoms with E-state index in [1.54, 1.807) is 7.11 Å². The molecule has 4 aromatic rings. The summed E-state index contributed by atoms with van der Waals surface area (Å²) in [5.41, 5.74) is 5.30. The average Bonchev–Trinajstić information content (AvgIpc) is 2.91. The van der Waals surface area contributed by atoms with Gasteiger partial charge in [-0.2, -0.15) is 0 Å². The number of rotatable bonds is 5. The predicted molar refractivity (Wildman–Crippen MR) is 137 cm³/mol. The van der Waals surface area contributed by atoms with Gasteiger partial charge in [-0.3, -0.25) is 4.79 Å². The Balaban J connectivity index is 1.35. The molecule has 3 nitrogen and oxygen atoms in total. The lowest BCUT2D eigenvalue weighted by molar-refractivity contribution is -0.130. The molecular formula is C31H25NO2. The number of β-lactam (4-membered cyclic amide) rings is 1. The molecule has 1 saturated heterocycles. The van der Waals surface area contributed by atoms with Crippen molar-refractivity contribution in [2.75, 3.05) is 12.0 Å². The zero-order chi connectivity index (χ0) is 23.3. The molecule has 0 N–H and O–H groups in total. The highest BCUT2D eigenvalue weighted by Crippen LogP contribution is 2.45. The van der Waals surface area contributed by atoms with E-state index < -0.39 is 0 Å². The Morgan fingerprint density at radius 2 is 1.38 bits per heavy atom. The average molecular weight is 444 g/mol. The Hall–Kier alpha value is -4.29. The van der Waals surface area contributed by atoms with Crippen LogP contribution in [-0.2, 0) is 4.79 Å². The highest BCUT2D eigenvalue weighted by Gasteiger charge is 2.48. The minimum absolute atomic E-state index is 0.0458.